The molecule has 4 heteroatoms. The lowest BCUT2D eigenvalue weighted by Crippen LogP contribution is -2.22. The summed E-state index contributed by atoms with van der Waals surface area (Å²) >= 11 is 1.97. The van der Waals surface area contributed by atoms with Gasteiger partial charge in [-0.1, -0.05) is 84.0 Å². The molecule has 0 saturated carbocycles. The molecule has 0 N–H and O–H groups in total. The lowest BCUT2D eigenvalue weighted by molar-refractivity contribution is -0.0275. The van der Waals surface area contributed by atoms with E-state index >= 15 is 0 Å². The van der Waals surface area contributed by atoms with Gasteiger partial charge in [-0.05, 0) is 25.0 Å². The lowest BCUT2D eigenvalue weighted by Gasteiger charge is -2.19. The van der Waals surface area contributed by atoms with Gasteiger partial charge in [-0.15, -0.1) is 0 Å². The Labute approximate surface area is 180 Å². The van der Waals surface area contributed by atoms with E-state index in [1.54, 1.807) is 0 Å². The number of unbranched alkanes of at least 4 members (excludes halogenated alkanes) is 11. The molecule has 1 fully saturated rings. The molecule has 0 bridgehead atoms. The fourth-order valence-electron chi connectivity index (χ4n) is 3.64. The highest BCUT2D eigenvalue weighted by Crippen LogP contribution is 2.14. The third kappa shape index (κ3) is 18.3. The largest absolute Gasteiger partial charge is 0.381 e. The Hall–Kier alpha value is 0.230. The van der Waals surface area contributed by atoms with Crippen LogP contribution in [0.4, 0.5) is 0 Å². The Morgan fingerprint density at radius 1 is 0.643 bits per heavy atom. The average Bonchev–Trinajstić information content (AvgIpc) is 2.71. The summed E-state index contributed by atoms with van der Waals surface area (Å²) in [5.74, 6) is 2.27. The second-order valence-corrected chi connectivity index (χ2v) is 9.40. The summed E-state index contributed by atoms with van der Waals surface area (Å²) in [4.78, 5) is 0. The topological polar surface area (TPSA) is 27.7 Å². The van der Waals surface area contributed by atoms with E-state index in [1.807, 2.05) is 11.8 Å². The van der Waals surface area contributed by atoms with Gasteiger partial charge in [-0.3, -0.25) is 0 Å². The van der Waals surface area contributed by atoms with Crippen LogP contribution in [0.15, 0.2) is 0 Å². The monoisotopic (exact) mass is 416 g/mol. The van der Waals surface area contributed by atoms with Crippen LogP contribution in [0.2, 0.25) is 0 Å². The van der Waals surface area contributed by atoms with Gasteiger partial charge in [-0.25, -0.2) is 0 Å². The van der Waals surface area contributed by atoms with Crippen molar-refractivity contribution in [3.63, 3.8) is 0 Å². The van der Waals surface area contributed by atoms with Gasteiger partial charge < -0.3 is 14.2 Å². The van der Waals surface area contributed by atoms with E-state index in [0.29, 0.717) is 0 Å². The molecule has 0 spiro atoms. The van der Waals surface area contributed by atoms with Crippen molar-refractivity contribution < 1.29 is 14.2 Å². The zero-order valence-corrected chi connectivity index (χ0v) is 19.6. The van der Waals surface area contributed by atoms with Crippen LogP contribution in [0.1, 0.15) is 103 Å². The number of thioether (sulfide) groups is 1. The standard InChI is InChI=1S/C24H48O3S/c1-2-3-4-5-6-7-8-9-10-11-12-13-16-24-23-26-18-15-21-28-22-20-25-17-14-19-27-24/h24H,2-23H2,1H3. The second-order valence-electron chi connectivity index (χ2n) is 8.18. The molecule has 1 aliphatic rings. The Kier molecular flexibility index (Phi) is 20.6. The molecule has 168 valence electrons. The molecule has 0 aromatic rings. The van der Waals surface area contributed by atoms with E-state index in [0.717, 1.165) is 58.0 Å². The van der Waals surface area contributed by atoms with Crippen LogP contribution in [-0.2, 0) is 14.2 Å². The van der Waals surface area contributed by atoms with Crippen LogP contribution < -0.4 is 0 Å². The minimum absolute atomic E-state index is 0.277. The van der Waals surface area contributed by atoms with E-state index in [-0.39, 0.29) is 6.10 Å². The quantitative estimate of drug-likeness (QED) is 0.301. The Bertz CT molecular complexity index is 288. The summed E-state index contributed by atoms with van der Waals surface area (Å²) < 4.78 is 17.6. The maximum absolute atomic E-state index is 6.08. The number of hydrogen-bond donors (Lipinski definition) is 0. The molecule has 1 heterocycles. The van der Waals surface area contributed by atoms with E-state index in [2.05, 4.69) is 6.92 Å². The fraction of sp³-hybridized carbons (Fsp3) is 1.00. The summed E-state index contributed by atoms with van der Waals surface area (Å²) in [6, 6.07) is 0. The maximum Gasteiger partial charge on any atom is 0.0808 e. The molecule has 0 aliphatic carbocycles. The number of hydrogen-bond acceptors (Lipinski definition) is 4. The third-order valence-electron chi connectivity index (χ3n) is 5.42. The Morgan fingerprint density at radius 3 is 2.00 bits per heavy atom. The van der Waals surface area contributed by atoms with E-state index in [1.165, 1.54) is 82.8 Å². The van der Waals surface area contributed by atoms with Crippen LogP contribution in [0, 0.1) is 0 Å². The number of rotatable bonds is 13. The smallest absolute Gasteiger partial charge is 0.0808 e. The van der Waals surface area contributed by atoms with Crippen molar-refractivity contribution in [2.75, 3.05) is 44.5 Å². The van der Waals surface area contributed by atoms with Crippen molar-refractivity contribution in [2.45, 2.75) is 109 Å². The third-order valence-corrected chi connectivity index (χ3v) is 6.45. The summed E-state index contributed by atoms with van der Waals surface area (Å²) in [6.45, 7) is 6.42. The van der Waals surface area contributed by atoms with E-state index < -0.39 is 0 Å². The minimum atomic E-state index is 0.277. The van der Waals surface area contributed by atoms with Gasteiger partial charge in [0.2, 0.25) is 0 Å². The zero-order valence-electron chi connectivity index (χ0n) is 18.8. The Morgan fingerprint density at radius 2 is 1.29 bits per heavy atom. The molecular formula is C24H48O3S. The molecule has 0 aromatic heterocycles. The number of ether oxygens (including phenoxy) is 3. The SMILES string of the molecule is CCCCCCCCCCCCCCC1COCCCSCCOCCCO1. The van der Waals surface area contributed by atoms with Crippen LogP contribution in [0.5, 0.6) is 0 Å². The van der Waals surface area contributed by atoms with Crippen molar-refractivity contribution in [1.29, 1.82) is 0 Å². The maximum atomic E-state index is 6.08. The van der Waals surface area contributed by atoms with Gasteiger partial charge in [0.1, 0.15) is 0 Å². The molecule has 1 saturated heterocycles. The lowest BCUT2D eigenvalue weighted by atomic mass is 10.0. The summed E-state index contributed by atoms with van der Waals surface area (Å²) in [6.07, 6.45) is 20.4. The van der Waals surface area contributed by atoms with Crippen molar-refractivity contribution in [3.05, 3.63) is 0 Å². The van der Waals surface area contributed by atoms with Gasteiger partial charge in [0.15, 0.2) is 0 Å². The molecule has 28 heavy (non-hydrogen) atoms. The first-order chi connectivity index (χ1) is 13.9. The average molecular weight is 417 g/mol. The molecule has 1 unspecified atom stereocenters. The zero-order chi connectivity index (χ0) is 20.0. The highest BCUT2D eigenvalue weighted by atomic mass is 32.2. The highest BCUT2D eigenvalue weighted by Gasteiger charge is 2.10. The van der Waals surface area contributed by atoms with Crippen LogP contribution in [-0.4, -0.2) is 50.6 Å². The Balaban J connectivity index is 1.96. The molecule has 0 aromatic carbocycles. The fourth-order valence-corrected chi connectivity index (χ4v) is 4.40. The van der Waals surface area contributed by atoms with Crippen LogP contribution >= 0.6 is 11.8 Å². The molecule has 0 radical (unpaired) electrons. The molecular weight excluding hydrogens is 368 g/mol. The van der Waals surface area contributed by atoms with Gasteiger partial charge in [0.05, 0.1) is 19.3 Å². The summed E-state index contributed by atoms with van der Waals surface area (Å²) in [5.41, 5.74) is 0. The highest BCUT2D eigenvalue weighted by molar-refractivity contribution is 7.99. The van der Waals surface area contributed by atoms with Crippen molar-refractivity contribution in [1.82, 2.24) is 0 Å². The normalized spacial score (nSPS) is 20.7. The molecule has 3 nitrogen and oxygen atoms in total. The van der Waals surface area contributed by atoms with Gasteiger partial charge in [0.25, 0.3) is 0 Å². The van der Waals surface area contributed by atoms with Gasteiger partial charge in [0, 0.05) is 25.6 Å². The van der Waals surface area contributed by atoms with Crippen molar-refractivity contribution >= 4 is 11.8 Å². The van der Waals surface area contributed by atoms with Gasteiger partial charge >= 0.3 is 0 Å². The van der Waals surface area contributed by atoms with Gasteiger partial charge in [-0.2, -0.15) is 11.8 Å². The van der Waals surface area contributed by atoms with E-state index in [4.69, 9.17) is 14.2 Å². The van der Waals surface area contributed by atoms with Crippen LogP contribution in [0.25, 0.3) is 0 Å². The molecule has 1 rings (SSSR count). The first kappa shape index (κ1) is 26.3. The predicted octanol–water partition coefficient (Wildman–Crippen LogP) is 7.02. The summed E-state index contributed by atoms with van der Waals surface area (Å²) in [5, 5.41) is 0. The molecule has 1 aliphatic heterocycles. The minimum Gasteiger partial charge on any atom is -0.381 e. The predicted molar refractivity (Wildman–Crippen MR) is 124 cm³/mol. The summed E-state index contributed by atoms with van der Waals surface area (Å²) in [7, 11) is 0. The van der Waals surface area contributed by atoms with Crippen molar-refractivity contribution in [2.24, 2.45) is 0 Å². The van der Waals surface area contributed by atoms with Crippen molar-refractivity contribution in [3.8, 4) is 0 Å². The first-order valence-corrected chi connectivity index (χ1v) is 13.4. The molecule has 0 amide bonds. The second kappa shape index (κ2) is 21.9. The molecule has 1 atom stereocenters. The first-order valence-electron chi connectivity index (χ1n) is 12.3. The van der Waals surface area contributed by atoms with E-state index in [9.17, 15) is 0 Å². The van der Waals surface area contributed by atoms with Crippen LogP contribution in [0.3, 0.4) is 0 Å².